The topological polar surface area (TPSA) is 46.3 Å². The summed E-state index contributed by atoms with van der Waals surface area (Å²) in [5.74, 6) is 1.04. The third kappa shape index (κ3) is 1.67. The van der Waals surface area contributed by atoms with E-state index in [-0.39, 0.29) is 6.61 Å². The van der Waals surface area contributed by atoms with Crippen LogP contribution in [0.15, 0.2) is 34.9 Å². The maximum absolute atomic E-state index is 8.81. The fourth-order valence-corrected chi connectivity index (χ4v) is 1.21. The lowest BCUT2D eigenvalue weighted by Gasteiger charge is -1.95. The number of nitrogens with zero attached hydrogens (tertiary/aromatic N) is 1. The van der Waals surface area contributed by atoms with E-state index in [4.69, 9.17) is 9.52 Å². The van der Waals surface area contributed by atoms with Gasteiger partial charge in [0.15, 0.2) is 0 Å². The van der Waals surface area contributed by atoms with Gasteiger partial charge in [-0.1, -0.05) is 17.7 Å². The van der Waals surface area contributed by atoms with Gasteiger partial charge in [-0.05, 0) is 19.1 Å². The minimum absolute atomic E-state index is 0.112. The number of aliphatic hydroxyl groups excluding tert-OH is 1. The summed E-state index contributed by atoms with van der Waals surface area (Å²) in [5.41, 5.74) is 2.12. The highest BCUT2D eigenvalue weighted by Gasteiger charge is 2.04. The third-order valence-electron chi connectivity index (χ3n) is 2.01. The highest BCUT2D eigenvalue weighted by Crippen LogP contribution is 2.19. The molecule has 1 aromatic carbocycles. The van der Waals surface area contributed by atoms with Crippen LogP contribution < -0.4 is 0 Å². The van der Waals surface area contributed by atoms with E-state index in [2.05, 4.69) is 4.98 Å². The molecule has 72 valence electrons. The van der Waals surface area contributed by atoms with Crippen LogP contribution in [0.4, 0.5) is 0 Å². The molecule has 0 spiro atoms. The zero-order chi connectivity index (χ0) is 9.97. The molecule has 0 atom stereocenters. The molecule has 0 unspecified atom stereocenters. The van der Waals surface area contributed by atoms with E-state index in [9.17, 15) is 0 Å². The van der Waals surface area contributed by atoms with Crippen LogP contribution in [0.3, 0.4) is 0 Å². The number of hydrogen-bond donors (Lipinski definition) is 1. The van der Waals surface area contributed by atoms with Gasteiger partial charge in [-0.25, -0.2) is 4.98 Å². The van der Waals surface area contributed by atoms with Crippen molar-refractivity contribution in [2.45, 2.75) is 13.5 Å². The fraction of sp³-hybridized carbons (Fsp3) is 0.182. The van der Waals surface area contributed by atoms with Crippen molar-refractivity contribution in [1.29, 1.82) is 0 Å². The molecule has 3 nitrogen and oxygen atoms in total. The van der Waals surface area contributed by atoms with Crippen molar-refractivity contribution in [3.05, 3.63) is 41.8 Å². The van der Waals surface area contributed by atoms with Crippen molar-refractivity contribution < 1.29 is 9.52 Å². The van der Waals surface area contributed by atoms with E-state index < -0.39 is 0 Å². The number of aliphatic hydroxyl groups is 1. The van der Waals surface area contributed by atoms with Gasteiger partial charge < -0.3 is 9.52 Å². The molecule has 0 saturated carbocycles. The molecule has 0 saturated heterocycles. The summed E-state index contributed by atoms with van der Waals surface area (Å²) in [6.45, 7) is 1.91. The minimum Gasteiger partial charge on any atom is -0.439 e. The van der Waals surface area contributed by atoms with Gasteiger partial charge in [0, 0.05) is 5.56 Å². The first-order chi connectivity index (χ1) is 6.79. The SMILES string of the molecule is Cc1ccc(-c2ncc(CO)o2)cc1. The summed E-state index contributed by atoms with van der Waals surface area (Å²) in [5, 5.41) is 8.81. The van der Waals surface area contributed by atoms with Crippen molar-refractivity contribution in [2.75, 3.05) is 0 Å². The van der Waals surface area contributed by atoms with Gasteiger partial charge in [0.25, 0.3) is 0 Å². The number of benzene rings is 1. The molecule has 14 heavy (non-hydrogen) atoms. The molecule has 0 aliphatic rings. The van der Waals surface area contributed by atoms with E-state index in [1.54, 1.807) is 0 Å². The van der Waals surface area contributed by atoms with E-state index in [1.165, 1.54) is 11.8 Å². The first-order valence-corrected chi connectivity index (χ1v) is 4.42. The Morgan fingerprint density at radius 1 is 1.29 bits per heavy atom. The molecular formula is C11H11NO2. The van der Waals surface area contributed by atoms with Crippen molar-refractivity contribution in [3.63, 3.8) is 0 Å². The zero-order valence-corrected chi connectivity index (χ0v) is 7.90. The predicted molar refractivity (Wildman–Crippen MR) is 52.6 cm³/mol. The van der Waals surface area contributed by atoms with Crippen molar-refractivity contribution in [2.24, 2.45) is 0 Å². The van der Waals surface area contributed by atoms with Crippen LogP contribution in [-0.4, -0.2) is 10.1 Å². The Hall–Kier alpha value is -1.61. The van der Waals surface area contributed by atoms with Crippen LogP contribution >= 0.6 is 0 Å². The molecule has 1 heterocycles. The molecule has 0 amide bonds. The van der Waals surface area contributed by atoms with E-state index in [1.807, 2.05) is 31.2 Å². The average Bonchev–Trinajstić information content (AvgIpc) is 2.67. The minimum atomic E-state index is -0.112. The smallest absolute Gasteiger partial charge is 0.226 e. The molecular weight excluding hydrogens is 178 g/mol. The maximum atomic E-state index is 8.81. The van der Waals surface area contributed by atoms with Gasteiger partial charge in [-0.2, -0.15) is 0 Å². The Morgan fingerprint density at radius 2 is 2.00 bits per heavy atom. The highest BCUT2D eigenvalue weighted by molar-refractivity contribution is 5.53. The van der Waals surface area contributed by atoms with Crippen LogP contribution in [0.25, 0.3) is 11.5 Å². The lowest BCUT2D eigenvalue weighted by molar-refractivity contribution is 0.248. The highest BCUT2D eigenvalue weighted by atomic mass is 16.4. The zero-order valence-electron chi connectivity index (χ0n) is 7.90. The third-order valence-corrected chi connectivity index (χ3v) is 2.01. The number of oxazole rings is 1. The second-order valence-corrected chi connectivity index (χ2v) is 3.16. The normalized spacial score (nSPS) is 10.4. The number of aromatic nitrogens is 1. The molecule has 1 aromatic heterocycles. The van der Waals surface area contributed by atoms with Crippen molar-refractivity contribution in [3.8, 4) is 11.5 Å². The summed E-state index contributed by atoms with van der Waals surface area (Å²) < 4.78 is 5.30. The van der Waals surface area contributed by atoms with Crippen LogP contribution in [0.1, 0.15) is 11.3 Å². The van der Waals surface area contributed by atoms with Gasteiger partial charge in [-0.15, -0.1) is 0 Å². The lowest BCUT2D eigenvalue weighted by Crippen LogP contribution is -1.77. The molecule has 0 fully saturated rings. The van der Waals surface area contributed by atoms with Crippen molar-refractivity contribution >= 4 is 0 Å². The molecule has 0 aliphatic carbocycles. The molecule has 3 heteroatoms. The number of aryl methyl sites for hydroxylation is 1. The monoisotopic (exact) mass is 189 g/mol. The van der Waals surface area contributed by atoms with Crippen LogP contribution in [0.5, 0.6) is 0 Å². The number of rotatable bonds is 2. The summed E-state index contributed by atoms with van der Waals surface area (Å²) in [6, 6.07) is 7.89. The van der Waals surface area contributed by atoms with Gasteiger partial charge >= 0.3 is 0 Å². The second kappa shape index (κ2) is 3.64. The molecule has 0 radical (unpaired) electrons. The van der Waals surface area contributed by atoms with Gasteiger partial charge in [0.1, 0.15) is 12.4 Å². The van der Waals surface area contributed by atoms with E-state index in [0.29, 0.717) is 11.7 Å². The number of hydrogen-bond acceptors (Lipinski definition) is 3. The first-order valence-electron chi connectivity index (χ1n) is 4.42. The van der Waals surface area contributed by atoms with Gasteiger partial charge in [0.05, 0.1) is 6.20 Å². The van der Waals surface area contributed by atoms with Crippen LogP contribution in [0.2, 0.25) is 0 Å². The summed E-state index contributed by atoms with van der Waals surface area (Å²) in [6.07, 6.45) is 1.54. The van der Waals surface area contributed by atoms with E-state index >= 15 is 0 Å². The Balaban J connectivity index is 2.34. The Labute approximate surface area is 82.0 Å². The molecule has 1 N–H and O–H groups in total. The second-order valence-electron chi connectivity index (χ2n) is 3.16. The Morgan fingerprint density at radius 3 is 2.57 bits per heavy atom. The lowest BCUT2D eigenvalue weighted by atomic mass is 10.1. The van der Waals surface area contributed by atoms with Crippen molar-refractivity contribution in [1.82, 2.24) is 4.98 Å². The van der Waals surface area contributed by atoms with Crippen LogP contribution in [0, 0.1) is 6.92 Å². The van der Waals surface area contributed by atoms with Gasteiger partial charge in [0.2, 0.25) is 5.89 Å². The maximum Gasteiger partial charge on any atom is 0.226 e. The standard InChI is InChI=1S/C11H11NO2/c1-8-2-4-9(5-3-8)11-12-6-10(7-13)14-11/h2-6,13H,7H2,1H3. The van der Waals surface area contributed by atoms with Crippen LogP contribution in [-0.2, 0) is 6.61 Å². The average molecular weight is 189 g/mol. The molecule has 0 bridgehead atoms. The largest absolute Gasteiger partial charge is 0.439 e. The molecule has 0 aliphatic heterocycles. The van der Waals surface area contributed by atoms with E-state index in [0.717, 1.165) is 5.56 Å². The summed E-state index contributed by atoms with van der Waals surface area (Å²) >= 11 is 0. The summed E-state index contributed by atoms with van der Waals surface area (Å²) in [7, 11) is 0. The predicted octanol–water partition coefficient (Wildman–Crippen LogP) is 2.14. The fourth-order valence-electron chi connectivity index (χ4n) is 1.21. The Bertz CT molecular complexity index is 417. The summed E-state index contributed by atoms with van der Waals surface area (Å²) in [4.78, 5) is 4.06. The Kier molecular flexibility index (Phi) is 2.33. The first kappa shape index (κ1) is 8.97. The molecule has 2 rings (SSSR count). The molecule has 2 aromatic rings. The quantitative estimate of drug-likeness (QED) is 0.787. The van der Waals surface area contributed by atoms with Gasteiger partial charge in [-0.3, -0.25) is 0 Å².